The number of aryl methyl sites for hydroxylation is 2. The van der Waals surface area contributed by atoms with Crippen LogP contribution in [0.4, 0.5) is 0 Å². The van der Waals surface area contributed by atoms with Gasteiger partial charge in [0.25, 0.3) is 0 Å². The van der Waals surface area contributed by atoms with Crippen molar-refractivity contribution in [1.29, 1.82) is 0 Å². The fraction of sp³-hybridized carbons (Fsp3) is 0.455. The Morgan fingerprint density at radius 1 is 1.00 bits per heavy atom. The van der Waals surface area contributed by atoms with E-state index in [4.69, 9.17) is 0 Å². The van der Waals surface area contributed by atoms with Gasteiger partial charge in [0, 0.05) is 0 Å². The minimum atomic E-state index is 1.27. The number of benzene rings is 1. The molecule has 0 fully saturated rings. The summed E-state index contributed by atoms with van der Waals surface area (Å²) < 4.78 is 0. The molecule has 0 aliphatic rings. The van der Waals surface area contributed by atoms with Crippen molar-refractivity contribution < 1.29 is 0 Å². The molecule has 0 saturated heterocycles. The molecule has 1 aromatic carbocycles. The molecule has 61 valence electrons. The third-order valence-electron chi connectivity index (χ3n) is 2.22. The summed E-state index contributed by atoms with van der Waals surface area (Å²) in [5.41, 5.74) is 7.38. The Hall–Kier alpha value is -0.183. The first kappa shape index (κ1) is 11.8. The predicted molar refractivity (Wildman–Crippen MR) is 55.8 cm³/mol. The Bertz CT molecular complexity index is 224. The van der Waals surface area contributed by atoms with E-state index in [1.54, 1.807) is 0 Å². The van der Waals surface area contributed by atoms with Crippen LogP contribution in [0.15, 0.2) is 6.07 Å². The molecule has 0 spiro atoms. The Balaban J connectivity index is 0.000000561. The molecule has 0 N–H and O–H groups in total. The summed E-state index contributed by atoms with van der Waals surface area (Å²) in [6, 6.07) is 5.26. The van der Waals surface area contributed by atoms with Crippen LogP contribution in [-0.4, -0.2) is 17.7 Å². The van der Waals surface area contributed by atoms with E-state index >= 15 is 0 Å². The third kappa shape index (κ3) is 2.70. The Kier molecular flexibility index (Phi) is 5.38. The quantitative estimate of drug-likeness (QED) is 0.505. The van der Waals surface area contributed by atoms with E-state index in [0.29, 0.717) is 0 Å². The van der Waals surface area contributed by atoms with Gasteiger partial charge in [0.15, 0.2) is 0 Å². The molecule has 0 bridgehead atoms. The topological polar surface area (TPSA) is 0 Å². The molecule has 0 aliphatic carbocycles. The van der Waals surface area contributed by atoms with Crippen molar-refractivity contribution in [2.75, 3.05) is 0 Å². The zero-order valence-corrected chi connectivity index (χ0v) is 9.08. The normalized spacial score (nSPS) is 8.92. The monoisotopic (exact) mass is 155 g/mol. The summed E-state index contributed by atoms with van der Waals surface area (Å²) in [7, 11) is 0. The van der Waals surface area contributed by atoms with Gasteiger partial charge in [0.2, 0.25) is 0 Å². The van der Waals surface area contributed by atoms with Gasteiger partial charge in [0.05, 0.1) is 0 Å². The van der Waals surface area contributed by atoms with Gasteiger partial charge in [0.1, 0.15) is 0 Å². The van der Waals surface area contributed by atoms with Crippen LogP contribution in [0, 0.1) is 33.8 Å². The fourth-order valence-electron chi connectivity index (χ4n) is 1.01. The molecule has 12 heavy (non-hydrogen) atoms. The first-order valence-corrected chi connectivity index (χ1v) is 4.58. The van der Waals surface area contributed by atoms with Crippen molar-refractivity contribution in [1.82, 2.24) is 0 Å². The molecule has 0 unspecified atom stereocenters. The van der Waals surface area contributed by atoms with Crippen molar-refractivity contribution in [2.24, 2.45) is 0 Å². The fourth-order valence-corrected chi connectivity index (χ4v) is 1.01. The van der Waals surface area contributed by atoms with Gasteiger partial charge in [-0.05, 0) is 56.0 Å². The van der Waals surface area contributed by atoms with E-state index in [1.807, 2.05) is 23.3 Å². The third-order valence-corrected chi connectivity index (χ3v) is 2.22. The molecule has 0 aliphatic heterocycles. The zero-order valence-electron chi connectivity index (χ0n) is 9.08. The van der Waals surface area contributed by atoms with Crippen LogP contribution < -0.4 is 0 Å². The van der Waals surface area contributed by atoms with Gasteiger partial charge in [-0.3, -0.25) is 0 Å². The molecular weight excluding hydrogens is 139 g/mol. The second-order valence-electron chi connectivity index (χ2n) is 2.85. The van der Waals surface area contributed by atoms with Gasteiger partial charge in [-0.15, -0.1) is 0 Å². The first-order chi connectivity index (χ1) is 5.63. The van der Waals surface area contributed by atoms with Crippen LogP contribution in [0.1, 0.15) is 22.3 Å². The molecule has 1 radical (unpaired) electrons. The summed E-state index contributed by atoms with van der Waals surface area (Å²) in [4.78, 5) is 0. The maximum atomic E-state index is 3.21. The van der Waals surface area contributed by atoms with E-state index in [-0.39, 0.29) is 0 Å². The number of rotatable bonds is 0. The number of hydrogen-bond acceptors (Lipinski definition) is 0. The molecule has 0 amide bonds. The molecule has 0 atom stereocenters. The molecule has 1 aromatic rings. The van der Waals surface area contributed by atoms with Crippen LogP contribution in [0.3, 0.4) is 0 Å². The van der Waals surface area contributed by atoms with Gasteiger partial charge in [-0.1, -0.05) is 6.07 Å². The molecule has 1 rings (SSSR count). The Labute approximate surface area is 85.6 Å². The summed E-state index contributed by atoms with van der Waals surface area (Å²) >= 11 is 2.00. The van der Waals surface area contributed by atoms with Crippen LogP contribution >= 0.6 is 0 Å². The minimum absolute atomic E-state index is 1.27. The molecule has 1 heteroatoms. The van der Waals surface area contributed by atoms with Crippen LogP contribution in [-0.2, 0) is 0 Å². The Morgan fingerprint density at radius 2 is 1.50 bits per heavy atom. The summed E-state index contributed by atoms with van der Waals surface area (Å²) in [5, 5.41) is 0. The average Bonchev–Trinajstić information content (AvgIpc) is 2.12. The van der Waals surface area contributed by atoms with Gasteiger partial charge < -0.3 is 0 Å². The molecule has 0 saturated carbocycles. The van der Waals surface area contributed by atoms with E-state index in [1.165, 1.54) is 22.3 Å². The van der Waals surface area contributed by atoms with Crippen molar-refractivity contribution >= 4 is 17.7 Å². The van der Waals surface area contributed by atoms with Crippen molar-refractivity contribution in [3.63, 3.8) is 0 Å². The summed E-state index contributed by atoms with van der Waals surface area (Å²) in [6.07, 6.45) is 0. The van der Waals surface area contributed by atoms with E-state index in [9.17, 15) is 0 Å². The van der Waals surface area contributed by atoms with Crippen LogP contribution in [0.2, 0.25) is 5.60 Å². The second-order valence-corrected chi connectivity index (χ2v) is 2.85. The number of hydrogen-bond donors (Lipinski definition) is 0. The van der Waals surface area contributed by atoms with Gasteiger partial charge in [-0.25, -0.2) is 0 Å². The van der Waals surface area contributed by atoms with Crippen LogP contribution in [0.5, 0.6) is 0 Å². The van der Waals surface area contributed by atoms with Crippen molar-refractivity contribution in [2.45, 2.75) is 33.3 Å². The van der Waals surface area contributed by atoms with E-state index < -0.39 is 0 Å². The van der Waals surface area contributed by atoms with Crippen molar-refractivity contribution in [3.05, 3.63) is 34.4 Å². The van der Waals surface area contributed by atoms with E-state index in [0.717, 1.165) is 0 Å². The molecule has 0 aromatic heterocycles. The van der Waals surface area contributed by atoms with Gasteiger partial charge in [-0.2, -0.15) is 0 Å². The zero-order chi connectivity index (χ0) is 9.72. The predicted octanol–water partition coefficient (Wildman–Crippen LogP) is 2.92. The average molecular weight is 155 g/mol. The van der Waals surface area contributed by atoms with Crippen LogP contribution in [0.25, 0.3) is 0 Å². The van der Waals surface area contributed by atoms with Crippen molar-refractivity contribution in [3.8, 4) is 0 Å². The Morgan fingerprint density at radius 3 is 1.92 bits per heavy atom. The first-order valence-electron chi connectivity index (χ1n) is 4.58. The summed E-state index contributed by atoms with van der Waals surface area (Å²) in [6.45, 7) is 8.53. The van der Waals surface area contributed by atoms with E-state index in [2.05, 4.69) is 39.8 Å². The SMILES string of the molecule is Cc1[c]cc(C)c(C)c1C.[Li][CH3]. The molecule has 0 nitrogen and oxygen atoms in total. The standard InChI is InChI=1S/C10H13.CH3.Li/c1-7-5-6-8(2)10(4)9(7)3;;/h5H,1-4H3;1H3;. The van der Waals surface area contributed by atoms with Gasteiger partial charge >= 0.3 is 23.3 Å². The summed E-state index contributed by atoms with van der Waals surface area (Å²) in [5.74, 6) is 0. The maximum absolute atomic E-state index is 3.21. The molecular formula is C11H16Li. The molecule has 0 heterocycles. The second kappa shape index (κ2) is 5.46.